The molecule has 0 aromatic heterocycles. The van der Waals surface area contributed by atoms with Crippen molar-refractivity contribution in [3.8, 4) is 5.75 Å². The Morgan fingerprint density at radius 2 is 2.07 bits per heavy atom. The van der Waals surface area contributed by atoms with Crippen molar-refractivity contribution in [2.24, 2.45) is 0 Å². The van der Waals surface area contributed by atoms with Gasteiger partial charge in [-0.3, -0.25) is 0 Å². The Balaban J connectivity index is 1.64. The largest absolute Gasteiger partial charge is 0.492 e. The topological polar surface area (TPSA) is 59.6 Å². The first-order valence-corrected chi connectivity index (χ1v) is 9.70. The van der Waals surface area contributed by atoms with E-state index in [0.717, 1.165) is 31.6 Å². The summed E-state index contributed by atoms with van der Waals surface area (Å²) in [6.45, 7) is 4.00. The molecule has 0 radical (unpaired) electrons. The highest BCUT2D eigenvalue weighted by atomic mass is 16.5. The molecule has 1 atom stereocenters. The van der Waals surface area contributed by atoms with Gasteiger partial charge in [-0.15, -0.1) is 0 Å². The van der Waals surface area contributed by atoms with E-state index >= 15 is 0 Å². The van der Waals surface area contributed by atoms with Crippen molar-refractivity contribution in [1.29, 1.82) is 0 Å². The summed E-state index contributed by atoms with van der Waals surface area (Å²) in [4.78, 5) is 11.3. The van der Waals surface area contributed by atoms with Crippen molar-refractivity contribution in [3.05, 3.63) is 65.2 Å². The summed E-state index contributed by atoms with van der Waals surface area (Å²) in [5.74, 6) is 0.834. The number of alkyl carbamates (subject to hydrolysis) is 1. The monoisotopic (exact) mass is 368 g/mol. The van der Waals surface area contributed by atoms with E-state index in [0.29, 0.717) is 19.8 Å². The molecule has 1 aliphatic rings. The Kier molecular flexibility index (Phi) is 7.11. The third-order valence-electron chi connectivity index (χ3n) is 4.70. The maximum absolute atomic E-state index is 11.3. The Hall–Kier alpha value is -2.53. The SMILES string of the molecule is CCOC(=O)NCCOc1ccc2c(c1)C(Cc1ccccc1)NCCC2. The van der Waals surface area contributed by atoms with Crippen molar-refractivity contribution in [2.75, 3.05) is 26.3 Å². The van der Waals surface area contributed by atoms with Crippen molar-refractivity contribution in [2.45, 2.75) is 32.2 Å². The number of amides is 1. The van der Waals surface area contributed by atoms with Gasteiger partial charge in [0.15, 0.2) is 0 Å². The Labute approximate surface area is 161 Å². The molecule has 144 valence electrons. The number of carbonyl (C=O) groups is 1. The molecule has 2 aromatic rings. The number of fused-ring (bicyclic) bond motifs is 1. The molecule has 1 aliphatic heterocycles. The summed E-state index contributed by atoms with van der Waals surface area (Å²) < 4.78 is 10.7. The molecule has 0 saturated carbocycles. The minimum atomic E-state index is -0.407. The van der Waals surface area contributed by atoms with Gasteiger partial charge in [0.05, 0.1) is 13.2 Å². The predicted molar refractivity (Wildman–Crippen MR) is 106 cm³/mol. The van der Waals surface area contributed by atoms with Crippen LogP contribution in [0.25, 0.3) is 0 Å². The lowest BCUT2D eigenvalue weighted by Crippen LogP contribution is -2.28. The van der Waals surface area contributed by atoms with E-state index in [1.807, 2.05) is 12.1 Å². The fourth-order valence-corrected chi connectivity index (χ4v) is 3.42. The van der Waals surface area contributed by atoms with Crippen molar-refractivity contribution < 1.29 is 14.3 Å². The summed E-state index contributed by atoms with van der Waals surface area (Å²) in [5, 5.41) is 6.35. The van der Waals surface area contributed by atoms with Crippen LogP contribution >= 0.6 is 0 Å². The highest BCUT2D eigenvalue weighted by Gasteiger charge is 2.19. The van der Waals surface area contributed by atoms with Gasteiger partial charge in [-0.05, 0) is 61.6 Å². The highest BCUT2D eigenvalue weighted by molar-refractivity contribution is 5.66. The summed E-state index contributed by atoms with van der Waals surface area (Å²) in [7, 11) is 0. The molecule has 0 fully saturated rings. The minimum Gasteiger partial charge on any atom is -0.492 e. The molecular weight excluding hydrogens is 340 g/mol. The second kappa shape index (κ2) is 9.97. The van der Waals surface area contributed by atoms with E-state index in [2.05, 4.69) is 47.0 Å². The molecule has 1 unspecified atom stereocenters. The second-order valence-corrected chi connectivity index (χ2v) is 6.66. The zero-order valence-electron chi connectivity index (χ0n) is 15.9. The van der Waals surface area contributed by atoms with E-state index in [-0.39, 0.29) is 6.04 Å². The number of benzene rings is 2. The molecule has 5 nitrogen and oxygen atoms in total. The molecule has 2 N–H and O–H groups in total. The van der Waals surface area contributed by atoms with Gasteiger partial charge in [0.1, 0.15) is 12.4 Å². The number of nitrogens with one attached hydrogen (secondary N) is 2. The molecule has 27 heavy (non-hydrogen) atoms. The lowest BCUT2D eigenvalue weighted by Gasteiger charge is -2.20. The van der Waals surface area contributed by atoms with Crippen LogP contribution in [0, 0.1) is 0 Å². The van der Waals surface area contributed by atoms with Crippen LogP contribution in [-0.2, 0) is 17.6 Å². The Morgan fingerprint density at radius 1 is 1.22 bits per heavy atom. The van der Waals surface area contributed by atoms with Crippen LogP contribution in [-0.4, -0.2) is 32.4 Å². The maximum atomic E-state index is 11.3. The number of aryl methyl sites for hydroxylation is 1. The molecule has 0 aliphatic carbocycles. The molecular formula is C22H28N2O3. The molecule has 1 heterocycles. The first kappa shape index (κ1) is 19.2. The lowest BCUT2D eigenvalue weighted by molar-refractivity contribution is 0.150. The van der Waals surface area contributed by atoms with E-state index in [4.69, 9.17) is 9.47 Å². The first-order valence-electron chi connectivity index (χ1n) is 9.70. The number of rotatable bonds is 7. The summed E-state index contributed by atoms with van der Waals surface area (Å²) in [5.41, 5.74) is 4.03. The molecule has 0 spiro atoms. The number of hydrogen-bond acceptors (Lipinski definition) is 4. The van der Waals surface area contributed by atoms with E-state index in [9.17, 15) is 4.79 Å². The van der Waals surface area contributed by atoms with E-state index in [1.165, 1.54) is 16.7 Å². The molecule has 0 bridgehead atoms. The molecule has 0 saturated heterocycles. The number of carbonyl (C=O) groups excluding carboxylic acids is 1. The molecule has 1 amide bonds. The summed E-state index contributed by atoms with van der Waals surface area (Å²) in [6.07, 6.45) is 2.78. The van der Waals surface area contributed by atoms with Gasteiger partial charge in [-0.25, -0.2) is 4.79 Å². The van der Waals surface area contributed by atoms with Crippen LogP contribution in [0.15, 0.2) is 48.5 Å². The van der Waals surface area contributed by atoms with Gasteiger partial charge in [0.25, 0.3) is 0 Å². The average molecular weight is 368 g/mol. The normalized spacial score (nSPS) is 16.1. The van der Waals surface area contributed by atoms with E-state index < -0.39 is 6.09 Å². The van der Waals surface area contributed by atoms with Gasteiger partial charge in [0, 0.05) is 6.04 Å². The van der Waals surface area contributed by atoms with Crippen LogP contribution < -0.4 is 15.4 Å². The fourth-order valence-electron chi connectivity index (χ4n) is 3.42. The van der Waals surface area contributed by atoms with Gasteiger partial charge in [-0.1, -0.05) is 36.4 Å². The van der Waals surface area contributed by atoms with Crippen LogP contribution in [0.2, 0.25) is 0 Å². The first-order chi connectivity index (χ1) is 13.3. The minimum absolute atomic E-state index is 0.283. The van der Waals surface area contributed by atoms with Gasteiger partial charge >= 0.3 is 6.09 Å². The zero-order chi connectivity index (χ0) is 18.9. The second-order valence-electron chi connectivity index (χ2n) is 6.66. The molecule has 2 aromatic carbocycles. The average Bonchev–Trinajstić information content (AvgIpc) is 2.88. The van der Waals surface area contributed by atoms with Gasteiger partial charge in [0.2, 0.25) is 0 Å². The third-order valence-corrected chi connectivity index (χ3v) is 4.70. The molecule has 5 heteroatoms. The zero-order valence-corrected chi connectivity index (χ0v) is 15.9. The summed E-state index contributed by atoms with van der Waals surface area (Å²) >= 11 is 0. The standard InChI is InChI=1S/C22H28N2O3/c1-2-26-22(25)24-13-14-27-19-11-10-18-9-6-12-23-21(20(18)16-19)15-17-7-4-3-5-8-17/h3-5,7-8,10-11,16,21,23H,2,6,9,12-15H2,1H3,(H,24,25). The van der Waals surface area contributed by atoms with E-state index in [1.54, 1.807) is 6.92 Å². The van der Waals surface area contributed by atoms with Crippen molar-refractivity contribution >= 4 is 6.09 Å². The van der Waals surface area contributed by atoms with Crippen LogP contribution in [0.5, 0.6) is 5.75 Å². The van der Waals surface area contributed by atoms with Crippen molar-refractivity contribution in [3.63, 3.8) is 0 Å². The summed E-state index contributed by atoms with van der Waals surface area (Å²) in [6, 6.07) is 17.2. The Morgan fingerprint density at radius 3 is 2.89 bits per heavy atom. The Bertz CT molecular complexity index is 734. The molecule has 3 rings (SSSR count). The number of hydrogen-bond donors (Lipinski definition) is 2. The van der Waals surface area contributed by atoms with Crippen LogP contribution in [0.1, 0.15) is 36.1 Å². The predicted octanol–water partition coefficient (Wildman–Crippen LogP) is 3.63. The maximum Gasteiger partial charge on any atom is 0.407 e. The highest BCUT2D eigenvalue weighted by Crippen LogP contribution is 2.29. The van der Waals surface area contributed by atoms with Crippen molar-refractivity contribution in [1.82, 2.24) is 10.6 Å². The van der Waals surface area contributed by atoms with Crippen LogP contribution in [0.4, 0.5) is 4.79 Å². The fraction of sp³-hybridized carbons (Fsp3) is 0.409. The lowest BCUT2D eigenvalue weighted by atomic mass is 9.94. The third kappa shape index (κ3) is 5.73. The quantitative estimate of drug-likeness (QED) is 0.733. The smallest absolute Gasteiger partial charge is 0.407 e. The van der Waals surface area contributed by atoms with Gasteiger partial charge in [-0.2, -0.15) is 0 Å². The van der Waals surface area contributed by atoms with Crippen LogP contribution in [0.3, 0.4) is 0 Å². The van der Waals surface area contributed by atoms with Gasteiger partial charge < -0.3 is 20.1 Å². The number of ether oxygens (including phenoxy) is 2.